The molecule has 0 spiro atoms. The second kappa shape index (κ2) is 7.98. The quantitative estimate of drug-likeness (QED) is 0.521. The first kappa shape index (κ1) is 21.6. The molecule has 4 N–H and O–H groups in total. The molecule has 4 bridgehead atoms. The monoisotopic (exact) mass is 441 g/mol. The molecule has 1 aromatic heterocycles. The molecule has 3 atom stereocenters. The van der Waals surface area contributed by atoms with Crippen LogP contribution in [0.3, 0.4) is 0 Å². The summed E-state index contributed by atoms with van der Waals surface area (Å²) in [5.74, 6) is 1.65. The Balaban J connectivity index is 1.44. The van der Waals surface area contributed by atoms with Crippen LogP contribution < -0.4 is 11.5 Å². The number of nitrogens with zero attached hydrogens (tertiary/aromatic N) is 3. The van der Waals surface area contributed by atoms with E-state index in [2.05, 4.69) is 23.2 Å². The zero-order valence-electron chi connectivity index (χ0n) is 19.1. The van der Waals surface area contributed by atoms with Gasteiger partial charge in [-0.3, -0.25) is 14.8 Å². The van der Waals surface area contributed by atoms with Gasteiger partial charge in [-0.2, -0.15) is 5.26 Å². The lowest BCUT2D eigenvalue weighted by Gasteiger charge is -2.57. The van der Waals surface area contributed by atoms with Crippen LogP contribution in [0, 0.1) is 34.5 Å². The maximum atomic E-state index is 12.3. The Morgan fingerprint density at radius 1 is 1.15 bits per heavy atom. The van der Waals surface area contributed by atoms with Gasteiger partial charge in [-0.1, -0.05) is 30.3 Å². The van der Waals surface area contributed by atoms with E-state index in [-0.39, 0.29) is 23.8 Å². The third kappa shape index (κ3) is 3.60. The summed E-state index contributed by atoms with van der Waals surface area (Å²) in [5, 5.41) is 9.63. The van der Waals surface area contributed by atoms with Gasteiger partial charge < -0.3 is 11.5 Å². The maximum Gasteiger partial charge on any atom is 0.223 e. The highest BCUT2D eigenvalue weighted by molar-refractivity contribution is 5.92. The summed E-state index contributed by atoms with van der Waals surface area (Å²) in [6.07, 6.45) is 8.64. The second-order valence-corrected chi connectivity index (χ2v) is 10.6. The minimum Gasteiger partial charge on any atom is -0.387 e. The predicted octanol–water partition coefficient (Wildman–Crippen LogP) is 3.96. The molecule has 0 saturated heterocycles. The molecule has 4 saturated carbocycles. The van der Waals surface area contributed by atoms with Crippen molar-refractivity contribution in [1.29, 1.82) is 5.26 Å². The molecule has 1 amide bonds. The van der Waals surface area contributed by atoms with Crippen LogP contribution in [0.2, 0.25) is 0 Å². The Morgan fingerprint density at radius 2 is 1.85 bits per heavy atom. The molecule has 1 aromatic carbocycles. The smallest absolute Gasteiger partial charge is 0.223 e. The molecule has 1 heterocycles. The highest BCUT2D eigenvalue weighted by atomic mass is 16.1. The molecular formula is C27H31N5O. The summed E-state index contributed by atoms with van der Waals surface area (Å²) in [5.41, 5.74) is 14.6. The topological polar surface area (TPSA) is 118 Å². The van der Waals surface area contributed by atoms with Crippen molar-refractivity contribution >= 4 is 11.7 Å². The third-order valence-corrected chi connectivity index (χ3v) is 8.55. The van der Waals surface area contributed by atoms with Gasteiger partial charge in [0.2, 0.25) is 5.91 Å². The van der Waals surface area contributed by atoms with Crippen LogP contribution in [0.4, 0.5) is 0 Å². The fraction of sp³-hybridized carbons (Fsp3) is 0.481. The largest absolute Gasteiger partial charge is 0.387 e. The van der Waals surface area contributed by atoms with Crippen LogP contribution in [0.5, 0.6) is 0 Å². The van der Waals surface area contributed by atoms with Crippen molar-refractivity contribution in [2.24, 2.45) is 39.6 Å². The van der Waals surface area contributed by atoms with Crippen LogP contribution in [0.25, 0.3) is 11.1 Å². The predicted molar refractivity (Wildman–Crippen MR) is 128 cm³/mol. The van der Waals surface area contributed by atoms with Crippen LogP contribution in [-0.4, -0.2) is 22.8 Å². The SMILES string of the molecule is CC(CC#N)(C(N)=NC1C2CC3CC1CC(C(N)=O)(C3)C2)c1ccc(-c2cccnc2)cc1. The average molecular weight is 442 g/mol. The molecule has 6 nitrogen and oxygen atoms in total. The summed E-state index contributed by atoms with van der Waals surface area (Å²) in [7, 11) is 0. The van der Waals surface area contributed by atoms with E-state index >= 15 is 0 Å². The first-order chi connectivity index (χ1) is 15.8. The van der Waals surface area contributed by atoms with E-state index in [9.17, 15) is 10.1 Å². The maximum absolute atomic E-state index is 12.3. The van der Waals surface area contributed by atoms with Gasteiger partial charge in [0.25, 0.3) is 0 Å². The fourth-order valence-electron chi connectivity index (χ4n) is 6.88. The lowest BCUT2D eigenvalue weighted by molar-refractivity contribution is -0.144. The number of primary amides is 1. The number of carbonyl (C=O) groups excluding carboxylic acids is 1. The summed E-state index contributed by atoms with van der Waals surface area (Å²) in [6, 6.07) is 14.6. The molecule has 4 fully saturated rings. The Kier molecular flexibility index (Phi) is 5.23. The number of aliphatic imine (C=N–C) groups is 1. The van der Waals surface area contributed by atoms with Gasteiger partial charge in [-0.15, -0.1) is 0 Å². The number of pyridine rings is 1. The van der Waals surface area contributed by atoms with Gasteiger partial charge in [0, 0.05) is 17.8 Å². The average Bonchev–Trinajstić information content (AvgIpc) is 2.81. The Labute approximate surface area is 195 Å². The number of aromatic nitrogens is 1. The number of benzene rings is 1. The van der Waals surface area contributed by atoms with Gasteiger partial charge in [0.1, 0.15) is 5.84 Å². The number of amides is 1. The molecule has 6 rings (SSSR count). The van der Waals surface area contributed by atoms with Crippen molar-refractivity contribution in [3.05, 3.63) is 54.4 Å². The summed E-state index contributed by atoms with van der Waals surface area (Å²) in [4.78, 5) is 21.6. The van der Waals surface area contributed by atoms with Crippen molar-refractivity contribution in [1.82, 2.24) is 4.98 Å². The molecule has 33 heavy (non-hydrogen) atoms. The number of amidine groups is 1. The Morgan fingerprint density at radius 3 is 2.42 bits per heavy atom. The van der Waals surface area contributed by atoms with E-state index in [1.165, 1.54) is 0 Å². The van der Waals surface area contributed by atoms with Crippen molar-refractivity contribution in [3.8, 4) is 17.2 Å². The molecule has 170 valence electrons. The molecule has 0 radical (unpaired) electrons. The molecule has 4 aliphatic carbocycles. The lowest BCUT2D eigenvalue weighted by Crippen LogP contribution is -2.57. The second-order valence-electron chi connectivity index (χ2n) is 10.6. The molecule has 2 aromatic rings. The van der Waals surface area contributed by atoms with Gasteiger partial charge >= 0.3 is 0 Å². The van der Waals surface area contributed by atoms with Crippen LogP contribution >= 0.6 is 0 Å². The Hall–Kier alpha value is -3.20. The van der Waals surface area contributed by atoms with Gasteiger partial charge in [0.05, 0.1) is 23.9 Å². The first-order valence-electron chi connectivity index (χ1n) is 11.9. The number of nitriles is 1. The van der Waals surface area contributed by atoms with E-state index in [4.69, 9.17) is 16.5 Å². The van der Waals surface area contributed by atoms with Crippen molar-refractivity contribution < 1.29 is 4.79 Å². The van der Waals surface area contributed by atoms with Crippen LogP contribution in [0.15, 0.2) is 53.8 Å². The molecular weight excluding hydrogens is 410 g/mol. The summed E-state index contributed by atoms with van der Waals surface area (Å²) < 4.78 is 0. The molecule has 0 aliphatic heterocycles. The number of hydrogen-bond acceptors (Lipinski definition) is 4. The summed E-state index contributed by atoms with van der Waals surface area (Å²) >= 11 is 0. The third-order valence-electron chi connectivity index (χ3n) is 8.55. The highest BCUT2D eigenvalue weighted by Crippen LogP contribution is 2.60. The summed E-state index contributed by atoms with van der Waals surface area (Å²) in [6.45, 7) is 2.01. The van der Waals surface area contributed by atoms with E-state index in [0.29, 0.717) is 23.6 Å². The van der Waals surface area contributed by atoms with E-state index in [1.807, 2.05) is 37.4 Å². The highest BCUT2D eigenvalue weighted by Gasteiger charge is 2.58. The number of nitrogens with two attached hydrogens (primary N) is 2. The van der Waals surface area contributed by atoms with Gasteiger partial charge in [-0.25, -0.2) is 0 Å². The normalized spacial score (nSPS) is 32.2. The minimum atomic E-state index is -0.668. The Bertz CT molecular complexity index is 1100. The molecule has 4 aliphatic rings. The van der Waals surface area contributed by atoms with Crippen molar-refractivity contribution in [3.63, 3.8) is 0 Å². The van der Waals surface area contributed by atoms with Crippen molar-refractivity contribution in [2.75, 3.05) is 0 Å². The molecule has 3 unspecified atom stereocenters. The number of carbonyl (C=O) groups is 1. The zero-order chi connectivity index (χ0) is 23.2. The van der Waals surface area contributed by atoms with Crippen LogP contribution in [-0.2, 0) is 10.2 Å². The number of rotatable bonds is 6. The van der Waals surface area contributed by atoms with Crippen molar-refractivity contribution in [2.45, 2.75) is 56.9 Å². The van der Waals surface area contributed by atoms with E-state index < -0.39 is 5.41 Å². The number of hydrogen-bond donors (Lipinski definition) is 2. The van der Waals surface area contributed by atoms with E-state index in [1.54, 1.807) is 6.20 Å². The zero-order valence-corrected chi connectivity index (χ0v) is 19.1. The van der Waals surface area contributed by atoms with Gasteiger partial charge in [-0.05, 0) is 79.5 Å². The molecule has 6 heteroatoms. The van der Waals surface area contributed by atoms with Gasteiger partial charge in [0.15, 0.2) is 0 Å². The first-order valence-corrected chi connectivity index (χ1v) is 11.9. The van der Waals surface area contributed by atoms with Crippen LogP contribution in [0.1, 0.15) is 51.0 Å². The fourth-order valence-corrected chi connectivity index (χ4v) is 6.88. The lowest BCUT2D eigenvalue weighted by atomic mass is 9.47. The minimum absolute atomic E-state index is 0.113. The standard InChI is InChI=1S/C27H31N5O/c1-26(8-9-28,22-6-4-18(5-7-22)19-3-2-10-31-16-19)24(29)32-23-20-11-17-12-21(23)15-27(13-17,14-20)25(30)33/h2-7,10,16-17,20-21,23H,8,11-15H2,1H3,(H2,29,32)(H2,30,33). The van der Waals surface area contributed by atoms with E-state index in [0.717, 1.165) is 48.8 Å².